The lowest BCUT2D eigenvalue weighted by molar-refractivity contribution is -0.142. The topological polar surface area (TPSA) is 72.8 Å². The van der Waals surface area contributed by atoms with E-state index in [1.165, 1.54) is 19.2 Å². The Bertz CT molecular complexity index is 368. The minimum atomic E-state index is -0.525. The zero-order chi connectivity index (χ0) is 12.0. The minimum absolute atomic E-state index is 0.177. The average Bonchev–Trinajstić information content (AvgIpc) is 2.35. The zero-order valence-electron chi connectivity index (χ0n) is 8.80. The number of rotatable bonds is 5. The fourth-order valence-corrected chi connectivity index (χ4v) is 1.03. The summed E-state index contributed by atoms with van der Waals surface area (Å²) >= 11 is 0. The fraction of sp³-hybridized carbons (Fsp3) is 0.273. The molecule has 0 aliphatic carbocycles. The van der Waals surface area contributed by atoms with Gasteiger partial charge in [-0.25, -0.2) is 4.79 Å². The van der Waals surface area contributed by atoms with Crippen molar-refractivity contribution in [3.05, 3.63) is 29.8 Å². The largest absolute Gasteiger partial charge is 0.482 e. The highest BCUT2D eigenvalue weighted by Gasteiger charge is 2.05. The lowest BCUT2D eigenvalue weighted by Crippen LogP contribution is -2.12. The van der Waals surface area contributed by atoms with Crippen LogP contribution in [0.2, 0.25) is 0 Å². The third kappa shape index (κ3) is 3.36. The van der Waals surface area contributed by atoms with Gasteiger partial charge in [-0.15, -0.1) is 0 Å². The Hall–Kier alpha value is -1.88. The molecule has 0 amide bonds. The first kappa shape index (κ1) is 12.2. The molecule has 5 heteroatoms. The van der Waals surface area contributed by atoms with Gasteiger partial charge in [-0.3, -0.25) is 4.79 Å². The molecule has 1 aromatic carbocycles. The predicted molar refractivity (Wildman–Crippen MR) is 55.4 cm³/mol. The van der Waals surface area contributed by atoms with Crippen molar-refractivity contribution >= 4 is 11.8 Å². The van der Waals surface area contributed by atoms with Gasteiger partial charge in [-0.05, 0) is 24.3 Å². The highest BCUT2D eigenvalue weighted by molar-refractivity contribution is 5.96. The molecule has 0 fully saturated rings. The molecule has 0 aliphatic rings. The molecular weight excluding hydrogens is 212 g/mol. The van der Waals surface area contributed by atoms with E-state index in [2.05, 4.69) is 4.74 Å². The number of ether oxygens (including phenoxy) is 2. The molecule has 0 saturated heterocycles. The van der Waals surface area contributed by atoms with E-state index in [-0.39, 0.29) is 12.4 Å². The van der Waals surface area contributed by atoms with Crippen molar-refractivity contribution in [1.29, 1.82) is 0 Å². The average molecular weight is 224 g/mol. The molecule has 0 bridgehead atoms. The maximum Gasteiger partial charge on any atom is 0.343 e. The van der Waals surface area contributed by atoms with Crippen LogP contribution in [-0.4, -0.2) is 37.2 Å². The molecule has 1 rings (SSSR count). The maximum atomic E-state index is 11.1. The van der Waals surface area contributed by atoms with Crippen LogP contribution >= 0.6 is 0 Å². The van der Waals surface area contributed by atoms with Crippen LogP contribution < -0.4 is 4.74 Å². The minimum Gasteiger partial charge on any atom is -0.482 e. The normalized spacial score (nSPS) is 9.62. The Morgan fingerprint density at radius 2 is 1.88 bits per heavy atom. The SMILES string of the molecule is COC(=O)COc1ccc(C(=O)CO)cc1. The van der Waals surface area contributed by atoms with Gasteiger partial charge in [0.05, 0.1) is 7.11 Å². The molecule has 0 atom stereocenters. The number of carbonyl (C=O) groups is 2. The van der Waals surface area contributed by atoms with Crippen molar-refractivity contribution in [3.8, 4) is 5.75 Å². The second-order valence-electron chi connectivity index (χ2n) is 2.97. The van der Waals surface area contributed by atoms with Gasteiger partial charge in [-0.1, -0.05) is 0 Å². The maximum absolute atomic E-state index is 11.1. The third-order valence-electron chi connectivity index (χ3n) is 1.90. The Morgan fingerprint density at radius 1 is 1.25 bits per heavy atom. The van der Waals surface area contributed by atoms with Crippen LogP contribution in [0.25, 0.3) is 0 Å². The fourth-order valence-electron chi connectivity index (χ4n) is 1.03. The summed E-state index contributed by atoms with van der Waals surface area (Å²) in [6.45, 7) is -0.702. The van der Waals surface area contributed by atoms with Crippen LogP contribution in [0, 0.1) is 0 Å². The number of esters is 1. The van der Waals surface area contributed by atoms with Crippen LogP contribution in [0.3, 0.4) is 0 Å². The van der Waals surface area contributed by atoms with Crippen molar-refractivity contribution in [1.82, 2.24) is 0 Å². The van der Waals surface area contributed by atoms with Crippen molar-refractivity contribution in [2.45, 2.75) is 0 Å². The summed E-state index contributed by atoms with van der Waals surface area (Å²) in [7, 11) is 1.27. The van der Waals surface area contributed by atoms with E-state index in [1.807, 2.05) is 0 Å². The summed E-state index contributed by atoms with van der Waals surface area (Å²) in [6, 6.07) is 6.13. The molecule has 1 N–H and O–H groups in total. The lowest BCUT2D eigenvalue weighted by atomic mass is 10.1. The number of hydrogen-bond acceptors (Lipinski definition) is 5. The van der Waals surface area contributed by atoms with Gasteiger partial charge < -0.3 is 14.6 Å². The molecule has 0 aromatic heterocycles. The first-order valence-corrected chi connectivity index (χ1v) is 4.61. The first-order valence-electron chi connectivity index (χ1n) is 4.61. The summed E-state index contributed by atoms with van der Waals surface area (Å²) in [5, 5.41) is 8.62. The second kappa shape index (κ2) is 5.87. The van der Waals surface area contributed by atoms with Crippen LogP contribution in [0.15, 0.2) is 24.3 Å². The predicted octanol–water partition coefficient (Wildman–Crippen LogP) is 0.413. The lowest BCUT2D eigenvalue weighted by Gasteiger charge is -2.05. The van der Waals surface area contributed by atoms with Gasteiger partial charge in [-0.2, -0.15) is 0 Å². The number of methoxy groups -OCH3 is 1. The van der Waals surface area contributed by atoms with E-state index >= 15 is 0 Å². The molecular formula is C11H12O5. The molecule has 0 saturated carbocycles. The van der Waals surface area contributed by atoms with Crippen molar-refractivity contribution < 1.29 is 24.2 Å². The monoisotopic (exact) mass is 224 g/mol. The highest BCUT2D eigenvalue weighted by atomic mass is 16.6. The molecule has 16 heavy (non-hydrogen) atoms. The van der Waals surface area contributed by atoms with E-state index in [0.29, 0.717) is 11.3 Å². The van der Waals surface area contributed by atoms with E-state index in [1.54, 1.807) is 12.1 Å². The van der Waals surface area contributed by atoms with Gasteiger partial charge in [0.2, 0.25) is 0 Å². The molecule has 5 nitrogen and oxygen atoms in total. The number of hydrogen-bond donors (Lipinski definition) is 1. The van der Waals surface area contributed by atoms with E-state index in [9.17, 15) is 9.59 Å². The summed E-state index contributed by atoms with van der Waals surface area (Å²) < 4.78 is 9.48. The molecule has 86 valence electrons. The number of aliphatic hydroxyl groups excluding tert-OH is 1. The number of Topliss-reactive ketones (excluding diaryl/α,β-unsaturated/α-hetero) is 1. The Kier molecular flexibility index (Phi) is 4.47. The van der Waals surface area contributed by atoms with Crippen LogP contribution in [0.5, 0.6) is 5.75 Å². The summed E-state index contributed by atoms with van der Waals surface area (Å²) in [4.78, 5) is 21.8. The standard InChI is InChI=1S/C11H12O5/c1-15-11(14)7-16-9-4-2-8(3-5-9)10(13)6-12/h2-5,12H,6-7H2,1H3. The molecule has 0 spiro atoms. The van der Waals surface area contributed by atoms with Crippen LogP contribution in [-0.2, 0) is 9.53 Å². The van der Waals surface area contributed by atoms with Gasteiger partial charge in [0.15, 0.2) is 12.4 Å². The highest BCUT2D eigenvalue weighted by Crippen LogP contribution is 2.12. The second-order valence-corrected chi connectivity index (χ2v) is 2.97. The summed E-state index contributed by atoms with van der Waals surface area (Å²) in [5.74, 6) is -0.380. The first-order chi connectivity index (χ1) is 7.67. The Labute approximate surface area is 92.6 Å². The Balaban J connectivity index is 2.58. The van der Waals surface area contributed by atoms with Crippen LogP contribution in [0.4, 0.5) is 0 Å². The van der Waals surface area contributed by atoms with E-state index < -0.39 is 12.6 Å². The Morgan fingerprint density at radius 3 is 2.38 bits per heavy atom. The number of aliphatic hydroxyl groups is 1. The van der Waals surface area contributed by atoms with Crippen molar-refractivity contribution in [3.63, 3.8) is 0 Å². The number of carbonyl (C=O) groups excluding carboxylic acids is 2. The number of ketones is 1. The molecule has 0 aliphatic heterocycles. The van der Waals surface area contributed by atoms with E-state index in [4.69, 9.17) is 9.84 Å². The van der Waals surface area contributed by atoms with Gasteiger partial charge in [0.1, 0.15) is 12.4 Å². The van der Waals surface area contributed by atoms with Crippen molar-refractivity contribution in [2.75, 3.05) is 20.3 Å². The zero-order valence-corrected chi connectivity index (χ0v) is 8.80. The van der Waals surface area contributed by atoms with Gasteiger partial charge in [0.25, 0.3) is 0 Å². The smallest absolute Gasteiger partial charge is 0.343 e. The molecule has 0 radical (unpaired) electrons. The summed E-state index contributed by atoms with van der Waals surface area (Å²) in [6.07, 6.45) is 0. The summed E-state index contributed by atoms with van der Waals surface area (Å²) in [5.41, 5.74) is 0.396. The molecule has 1 aromatic rings. The molecule has 0 unspecified atom stereocenters. The number of benzene rings is 1. The quantitative estimate of drug-likeness (QED) is 0.579. The van der Waals surface area contributed by atoms with Gasteiger partial charge in [0, 0.05) is 5.56 Å². The van der Waals surface area contributed by atoms with E-state index in [0.717, 1.165) is 0 Å². The molecule has 0 heterocycles. The van der Waals surface area contributed by atoms with Crippen LogP contribution in [0.1, 0.15) is 10.4 Å². The van der Waals surface area contributed by atoms with Crippen molar-refractivity contribution in [2.24, 2.45) is 0 Å². The van der Waals surface area contributed by atoms with Gasteiger partial charge >= 0.3 is 5.97 Å². The third-order valence-corrected chi connectivity index (χ3v) is 1.90.